The molecule has 4 rings (SSSR count). The molecule has 3 aromatic rings. The Labute approximate surface area is 164 Å². The topological polar surface area (TPSA) is 67.6 Å². The standard InChI is InChI=1S/C22H25N3O3/c1-25-12-4-6-17(25)10-11-23-21(26)15-8-9-19-20(14-15)28-22(24-19)16-5-3-7-18(13-16)27-2/h3,5,7-9,13-14,17H,4,6,10-12H2,1-2H3,(H,23,26). The van der Waals surface area contributed by atoms with Crippen LogP contribution in [-0.4, -0.2) is 49.1 Å². The van der Waals surface area contributed by atoms with E-state index in [-0.39, 0.29) is 5.91 Å². The third kappa shape index (κ3) is 3.87. The van der Waals surface area contributed by atoms with E-state index >= 15 is 0 Å². The Balaban J connectivity index is 1.45. The van der Waals surface area contributed by atoms with Crippen LogP contribution in [0.4, 0.5) is 0 Å². The molecule has 6 nitrogen and oxygen atoms in total. The van der Waals surface area contributed by atoms with Gasteiger partial charge in [0.25, 0.3) is 5.91 Å². The van der Waals surface area contributed by atoms with Crippen molar-refractivity contribution in [1.82, 2.24) is 15.2 Å². The van der Waals surface area contributed by atoms with Gasteiger partial charge in [-0.1, -0.05) is 6.07 Å². The number of benzene rings is 2. The Morgan fingerprint density at radius 2 is 2.21 bits per heavy atom. The van der Waals surface area contributed by atoms with Gasteiger partial charge in [-0.2, -0.15) is 0 Å². The summed E-state index contributed by atoms with van der Waals surface area (Å²) < 4.78 is 11.1. The van der Waals surface area contributed by atoms with E-state index in [4.69, 9.17) is 9.15 Å². The number of nitrogens with one attached hydrogen (secondary N) is 1. The zero-order valence-electron chi connectivity index (χ0n) is 16.3. The van der Waals surface area contributed by atoms with E-state index in [1.165, 1.54) is 12.8 Å². The minimum absolute atomic E-state index is 0.0816. The number of amides is 1. The molecule has 6 heteroatoms. The third-order valence-corrected chi connectivity index (χ3v) is 5.40. The lowest BCUT2D eigenvalue weighted by Crippen LogP contribution is -2.31. The highest BCUT2D eigenvalue weighted by atomic mass is 16.5. The molecule has 0 aliphatic carbocycles. The van der Waals surface area contributed by atoms with Gasteiger partial charge < -0.3 is 19.4 Å². The van der Waals surface area contributed by atoms with E-state index in [0.717, 1.165) is 29.8 Å². The van der Waals surface area contributed by atoms with Gasteiger partial charge in [-0.25, -0.2) is 4.98 Å². The van der Waals surface area contributed by atoms with Crippen LogP contribution in [0.1, 0.15) is 29.6 Å². The highest BCUT2D eigenvalue weighted by molar-refractivity contribution is 5.97. The van der Waals surface area contributed by atoms with Crippen LogP contribution in [-0.2, 0) is 0 Å². The molecule has 0 radical (unpaired) electrons. The van der Waals surface area contributed by atoms with E-state index in [0.29, 0.717) is 29.6 Å². The minimum Gasteiger partial charge on any atom is -0.497 e. The van der Waals surface area contributed by atoms with Crippen LogP contribution < -0.4 is 10.1 Å². The molecule has 1 aliphatic rings. The van der Waals surface area contributed by atoms with Crippen molar-refractivity contribution in [2.75, 3.05) is 27.2 Å². The summed E-state index contributed by atoms with van der Waals surface area (Å²) in [6, 6.07) is 13.5. The summed E-state index contributed by atoms with van der Waals surface area (Å²) >= 11 is 0. The number of oxazole rings is 1. The lowest BCUT2D eigenvalue weighted by atomic mass is 10.1. The van der Waals surface area contributed by atoms with Crippen molar-refractivity contribution >= 4 is 17.0 Å². The van der Waals surface area contributed by atoms with E-state index in [9.17, 15) is 4.79 Å². The molecule has 2 aromatic carbocycles. The first-order chi connectivity index (χ1) is 13.6. The molecule has 1 unspecified atom stereocenters. The summed E-state index contributed by atoms with van der Waals surface area (Å²) in [6.07, 6.45) is 3.43. The van der Waals surface area contributed by atoms with Crippen molar-refractivity contribution < 1.29 is 13.9 Å². The van der Waals surface area contributed by atoms with Crippen LogP contribution in [0, 0.1) is 0 Å². The number of ether oxygens (including phenoxy) is 1. The van der Waals surface area contributed by atoms with Gasteiger partial charge in [-0.05, 0) is 69.3 Å². The summed E-state index contributed by atoms with van der Waals surface area (Å²) in [5.41, 5.74) is 2.74. The highest BCUT2D eigenvalue weighted by Crippen LogP contribution is 2.27. The summed E-state index contributed by atoms with van der Waals surface area (Å²) in [5.74, 6) is 1.17. The maximum absolute atomic E-state index is 12.5. The predicted octanol–water partition coefficient (Wildman–Crippen LogP) is 3.72. The number of hydrogen-bond acceptors (Lipinski definition) is 5. The zero-order chi connectivity index (χ0) is 19.5. The zero-order valence-corrected chi connectivity index (χ0v) is 16.3. The fraction of sp³-hybridized carbons (Fsp3) is 0.364. The van der Waals surface area contributed by atoms with Crippen LogP contribution in [0.5, 0.6) is 5.75 Å². The molecule has 0 bridgehead atoms. The van der Waals surface area contributed by atoms with E-state index < -0.39 is 0 Å². The number of nitrogens with zero attached hydrogens (tertiary/aromatic N) is 2. The number of carbonyl (C=O) groups excluding carboxylic acids is 1. The average molecular weight is 379 g/mol. The SMILES string of the molecule is COc1cccc(-c2nc3ccc(C(=O)NCCC4CCCN4C)cc3o2)c1. The van der Waals surface area contributed by atoms with Gasteiger partial charge in [0.05, 0.1) is 7.11 Å². The number of aromatic nitrogens is 1. The maximum atomic E-state index is 12.5. The van der Waals surface area contributed by atoms with Gasteiger partial charge in [0, 0.05) is 23.7 Å². The smallest absolute Gasteiger partial charge is 0.251 e. The van der Waals surface area contributed by atoms with Crippen LogP contribution in [0.2, 0.25) is 0 Å². The fourth-order valence-corrected chi connectivity index (χ4v) is 3.74. The van der Waals surface area contributed by atoms with Crippen molar-refractivity contribution in [3.8, 4) is 17.2 Å². The van der Waals surface area contributed by atoms with Gasteiger partial charge in [0.15, 0.2) is 5.58 Å². The first kappa shape index (κ1) is 18.5. The number of fused-ring (bicyclic) bond motifs is 1. The number of methoxy groups -OCH3 is 1. The average Bonchev–Trinajstić information content (AvgIpc) is 3.33. The lowest BCUT2D eigenvalue weighted by Gasteiger charge is -2.19. The van der Waals surface area contributed by atoms with Gasteiger partial charge >= 0.3 is 0 Å². The highest BCUT2D eigenvalue weighted by Gasteiger charge is 2.20. The largest absolute Gasteiger partial charge is 0.497 e. The van der Waals surface area contributed by atoms with E-state index in [1.807, 2.05) is 30.3 Å². The van der Waals surface area contributed by atoms with Gasteiger partial charge in [-0.15, -0.1) is 0 Å². The van der Waals surface area contributed by atoms with Crippen molar-refractivity contribution in [2.24, 2.45) is 0 Å². The maximum Gasteiger partial charge on any atom is 0.251 e. The van der Waals surface area contributed by atoms with Gasteiger partial charge in [-0.3, -0.25) is 4.79 Å². The molecule has 2 heterocycles. The number of rotatable bonds is 6. The Kier molecular flexibility index (Phi) is 5.30. The summed E-state index contributed by atoms with van der Waals surface area (Å²) in [4.78, 5) is 19.4. The molecule has 146 valence electrons. The lowest BCUT2D eigenvalue weighted by molar-refractivity contribution is 0.0950. The molecule has 0 saturated carbocycles. The molecule has 1 atom stereocenters. The molecular weight excluding hydrogens is 354 g/mol. The second-order valence-electron chi connectivity index (χ2n) is 7.25. The van der Waals surface area contributed by atoms with E-state index in [1.54, 1.807) is 19.2 Å². The molecule has 1 saturated heterocycles. The third-order valence-electron chi connectivity index (χ3n) is 5.40. The summed E-state index contributed by atoms with van der Waals surface area (Å²) in [7, 11) is 3.78. The van der Waals surface area contributed by atoms with Crippen molar-refractivity contribution in [1.29, 1.82) is 0 Å². The van der Waals surface area contributed by atoms with E-state index in [2.05, 4.69) is 22.2 Å². The first-order valence-electron chi connectivity index (χ1n) is 9.67. The molecular formula is C22H25N3O3. The second-order valence-corrected chi connectivity index (χ2v) is 7.25. The molecule has 1 aliphatic heterocycles. The van der Waals surface area contributed by atoms with Gasteiger partial charge in [0.2, 0.25) is 5.89 Å². The molecule has 0 spiro atoms. The minimum atomic E-state index is -0.0816. The van der Waals surface area contributed by atoms with Crippen molar-refractivity contribution in [2.45, 2.75) is 25.3 Å². The molecule has 28 heavy (non-hydrogen) atoms. The number of carbonyl (C=O) groups is 1. The Bertz CT molecular complexity index is 982. The van der Waals surface area contributed by atoms with Crippen LogP contribution in [0.3, 0.4) is 0 Å². The molecule has 1 aromatic heterocycles. The Morgan fingerprint density at radius 3 is 3.00 bits per heavy atom. The number of likely N-dealkylation sites (tertiary alicyclic amines) is 1. The molecule has 1 fully saturated rings. The second kappa shape index (κ2) is 8.02. The first-order valence-corrected chi connectivity index (χ1v) is 9.67. The monoisotopic (exact) mass is 379 g/mol. The van der Waals surface area contributed by atoms with Crippen LogP contribution in [0.25, 0.3) is 22.6 Å². The summed E-state index contributed by atoms with van der Waals surface area (Å²) in [5, 5.41) is 3.02. The van der Waals surface area contributed by atoms with Gasteiger partial charge in [0.1, 0.15) is 11.3 Å². The normalized spacial score (nSPS) is 17.1. The fourth-order valence-electron chi connectivity index (χ4n) is 3.74. The molecule has 1 N–H and O–H groups in total. The van der Waals surface area contributed by atoms with Crippen LogP contribution >= 0.6 is 0 Å². The van der Waals surface area contributed by atoms with Crippen molar-refractivity contribution in [3.05, 3.63) is 48.0 Å². The Hall–Kier alpha value is -2.86. The molecule has 1 amide bonds. The van der Waals surface area contributed by atoms with Crippen molar-refractivity contribution in [3.63, 3.8) is 0 Å². The predicted molar refractivity (Wildman–Crippen MR) is 109 cm³/mol. The Morgan fingerprint density at radius 1 is 1.32 bits per heavy atom. The quantitative estimate of drug-likeness (QED) is 0.707. The number of hydrogen-bond donors (Lipinski definition) is 1. The van der Waals surface area contributed by atoms with Crippen LogP contribution in [0.15, 0.2) is 46.9 Å². The summed E-state index contributed by atoms with van der Waals surface area (Å²) in [6.45, 7) is 1.83.